The summed E-state index contributed by atoms with van der Waals surface area (Å²) in [6, 6.07) is 15.8. The maximum Gasteiger partial charge on any atom is 0.306 e. The molecular formula is C28H33Cl2NO4. The minimum Gasteiger partial charge on any atom is -0.481 e. The van der Waals surface area contributed by atoms with Gasteiger partial charge in [-0.1, -0.05) is 47.5 Å². The third-order valence-electron chi connectivity index (χ3n) is 7.29. The lowest BCUT2D eigenvalue weighted by atomic mass is 9.77. The minimum absolute atomic E-state index is 0.00190. The Kier molecular flexibility index (Phi) is 10.2. The summed E-state index contributed by atoms with van der Waals surface area (Å²) in [5.74, 6) is -0.288. The first-order chi connectivity index (χ1) is 16.7. The quantitative estimate of drug-likeness (QED) is 0.413. The molecule has 0 radical (unpaired) electrons. The number of Topliss-reactive ketones (excluding diaryl/α,β-unsaturated/α-hetero) is 1. The van der Waals surface area contributed by atoms with Crippen LogP contribution in [-0.2, 0) is 14.4 Å². The first-order valence-electron chi connectivity index (χ1n) is 12.3. The molecule has 4 rings (SSSR count). The number of halogens is 2. The fourth-order valence-electron chi connectivity index (χ4n) is 5.21. The number of primary amides is 1. The Bertz CT molecular complexity index is 991. The Morgan fingerprint density at radius 2 is 1.06 bits per heavy atom. The summed E-state index contributed by atoms with van der Waals surface area (Å²) in [5, 5.41) is 10.4. The van der Waals surface area contributed by atoms with Gasteiger partial charge in [0, 0.05) is 16.0 Å². The topological polar surface area (TPSA) is 97.5 Å². The molecule has 2 aliphatic rings. The molecule has 2 aliphatic carbocycles. The summed E-state index contributed by atoms with van der Waals surface area (Å²) in [7, 11) is 0. The Morgan fingerprint density at radius 3 is 1.40 bits per heavy atom. The molecule has 0 saturated heterocycles. The van der Waals surface area contributed by atoms with Gasteiger partial charge < -0.3 is 10.8 Å². The van der Waals surface area contributed by atoms with E-state index in [-0.39, 0.29) is 24.0 Å². The van der Waals surface area contributed by atoms with Crippen LogP contribution < -0.4 is 5.73 Å². The second-order valence-electron chi connectivity index (χ2n) is 9.65. The molecule has 0 bridgehead atoms. The van der Waals surface area contributed by atoms with Crippen LogP contribution in [0.5, 0.6) is 0 Å². The first kappa shape index (κ1) is 27.2. The van der Waals surface area contributed by atoms with E-state index in [2.05, 4.69) is 12.1 Å². The molecule has 35 heavy (non-hydrogen) atoms. The van der Waals surface area contributed by atoms with E-state index in [1.54, 1.807) is 0 Å². The summed E-state index contributed by atoms with van der Waals surface area (Å²) in [4.78, 5) is 33.4. The summed E-state index contributed by atoms with van der Waals surface area (Å²) >= 11 is 11.7. The van der Waals surface area contributed by atoms with E-state index in [1.165, 1.54) is 11.1 Å². The third-order valence-corrected chi connectivity index (χ3v) is 7.79. The van der Waals surface area contributed by atoms with Crippen molar-refractivity contribution in [3.05, 3.63) is 69.7 Å². The monoisotopic (exact) mass is 517 g/mol. The SMILES string of the molecule is NC(=O)CC(=O)C1CCC(c2ccc(Cl)cc2)CC1.O=C(O)C1CCC(c2ccc(Cl)cc2)CC1. The molecule has 2 aromatic rings. The van der Waals surface area contributed by atoms with Crippen molar-refractivity contribution in [2.45, 2.75) is 69.6 Å². The van der Waals surface area contributed by atoms with Crippen molar-refractivity contribution in [2.24, 2.45) is 17.6 Å². The molecule has 0 spiro atoms. The van der Waals surface area contributed by atoms with Crippen LogP contribution in [0.15, 0.2) is 48.5 Å². The number of carboxylic acids is 1. The number of nitrogens with two attached hydrogens (primary N) is 1. The molecule has 2 fully saturated rings. The van der Waals surface area contributed by atoms with Crippen LogP contribution >= 0.6 is 23.2 Å². The highest BCUT2D eigenvalue weighted by Crippen LogP contribution is 2.37. The Hall–Kier alpha value is -2.37. The van der Waals surface area contributed by atoms with Crippen LogP contribution in [0.2, 0.25) is 10.0 Å². The average molecular weight is 518 g/mol. The second kappa shape index (κ2) is 13.1. The molecule has 5 nitrogen and oxygen atoms in total. The predicted octanol–water partition coefficient (Wildman–Crippen LogP) is 6.76. The van der Waals surface area contributed by atoms with Gasteiger partial charge in [0.1, 0.15) is 5.78 Å². The summed E-state index contributed by atoms with van der Waals surface area (Å²) < 4.78 is 0. The molecule has 0 heterocycles. The van der Waals surface area contributed by atoms with E-state index in [1.807, 2.05) is 36.4 Å². The van der Waals surface area contributed by atoms with E-state index in [0.717, 1.165) is 61.4 Å². The second-order valence-corrected chi connectivity index (χ2v) is 10.5. The van der Waals surface area contributed by atoms with E-state index in [4.69, 9.17) is 34.0 Å². The zero-order valence-corrected chi connectivity index (χ0v) is 21.3. The van der Waals surface area contributed by atoms with Gasteiger partial charge in [-0.2, -0.15) is 0 Å². The molecule has 7 heteroatoms. The fraction of sp³-hybridized carbons (Fsp3) is 0.464. The van der Waals surface area contributed by atoms with Crippen molar-refractivity contribution in [3.8, 4) is 0 Å². The summed E-state index contributed by atoms with van der Waals surface area (Å²) in [6.45, 7) is 0. The Morgan fingerprint density at radius 1 is 0.686 bits per heavy atom. The molecule has 0 aliphatic heterocycles. The predicted molar refractivity (Wildman–Crippen MR) is 139 cm³/mol. The maximum absolute atomic E-state index is 11.8. The number of rotatable bonds is 6. The smallest absolute Gasteiger partial charge is 0.306 e. The Balaban J connectivity index is 0.000000198. The number of hydrogen-bond donors (Lipinski definition) is 2. The minimum atomic E-state index is -0.644. The zero-order chi connectivity index (χ0) is 25.4. The van der Waals surface area contributed by atoms with E-state index in [0.29, 0.717) is 11.8 Å². The number of carbonyl (C=O) groups excluding carboxylic acids is 2. The number of benzene rings is 2. The molecule has 0 aromatic heterocycles. The molecule has 0 atom stereocenters. The van der Waals surface area contributed by atoms with Gasteiger partial charge in [0.2, 0.25) is 5.91 Å². The van der Waals surface area contributed by atoms with Gasteiger partial charge in [-0.3, -0.25) is 14.4 Å². The van der Waals surface area contributed by atoms with Gasteiger partial charge >= 0.3 is 5.97 Å². The molecule has 2 aromatic carbocycles. The van der Waals surface area contributed by atoms with Crippen molar-refractivity contribution >= 4 is 40.9 Å². The zero-order valence-electron chi connectivity index (χ0n) is 19.8. The van der Waals surface area contributed by atoms with Crippen molar-refractivity contribution in [1.82, 2.24) is 0 Å². The van der Waals surface area contributed by atoms with Crippen LogP contribution in [0.1, 0.15) is 80.8 Å². The molecule has 188 valence electrons. The lowest BCUT2D eigenvalue weighted by Crippen LogP contribution is -2.25. The summed E-state index contributed by atoms with van der Waals surface area (Å²) in [6.07, 6.45) is 7.07. The average Bonchev–Trinajstić information content (AvgIpc) is 2.85. The number of amides is 1. The van der Waals surface area contributed by atoms with E-state index >= 15 is 0 Å². The van der Waals surface area contributed by atoms with Gasteiger partial charge in [0.25, 0.3) is 0 Å². The van der Waals surface area contributed by atoms with Crippen molar-refractivity contribution in [3.63, 3.8) is 0 Å². The number of carbonyl (C=O) groups is 3. The molecule has 1 amide bonds. The lowest BCUT2D eigenvalue weighted by molar-refractivity contribution is -0.143. The highest BCUT2D eigenvalue weighted by molar-refractivity contribution is 6.30. The normalized spacial score (nSPS) is 24.1. The van der Waals surface area contributed by atoms with E-state index < -0.39 is 11.9 Å². The van der Waals surface area contributed by atoms with Crippen LogP contribution in [0, 0.1) is 11.8 Å². The lowest BCUT2D eigenvalue weighted by Gasteiger charge is -2.27. The van der Waals surface area contributed by atoms with Crippen LogP contribution in [0.4, 0.5) is 0 Å². The third kappa shape index (κ3) is 8.36. The number of carboxylic acid groups (broad SMARTS) is 1. The maximum atomic E-state index is 11.8. The van der Waals surface area contributed by atoms with Crippen LogP contribution in [-0.4, -0.2) is 22.8 Å². The van der Waals surface area contributed by atoms with Crippen LogP contribution in [0.3, 0.4) is 0 Å². The highest BCUT2D eigenvalue weighted by Gasteiger charge is 2.28. The van der Waals surface area contributed by atoms with Gasteiger partial charge in [-0.05, 0) is 98.6 Å². The van der Waals surface area contributed by atoms with Gasteiger partial charge in [-0.15, -0.1) is 0 Å². The van der Waals surface area contributed by atoms with Gasteiger partial charge in [-0.25, -0.2) is 0 Å². The molecule has 3 N–H and O–H groups in total. The van der Waals surface area contributed by atoms with Gasteiger partial charge in [0.15, 0.2) is 0 Å². The van der Waals surface area contributed by atoms with Gasteiger partial charge in [0.05, 0.1) is 12.3 Å². The van der Waals surface area contributed by atoms with Crippen molar-refractivity contribution < 1.29 is 19.5 Å². The van der Waals surface area contributed by atoms with E-state index in [9.17, 15) is 14.4 Å². The molecule has 0 unspecified atom stereocenters. The fourth-order valence-corrected chi connectivity index (χ4v) is 5.46. The standard InChI is InChI=1S/C15H18ClNO2.C13H15ClO2/c16-13-7-5-11(6-8-13)10-1-3-12(4-2-10)14(18)9-15(17)19;14-12-7-5-10(6-8-12)9-1-3-11(4-2-9)13(15)16/h5-8,10,12H,1-4,9H2,(H2,17,19);5-9,11H,1-4H2,(H,15,16). The number of ketones is 1. The largest absolute Gasteiger partial charge is 0.481 e. The Labute approximate surface area is 217 Å². The summed E-state index contributed by atoms with van der Waals surface area (Å²) in [5.41, 5.74) is 7.63. The highest BCUT2D eigenvalue weighted by atomic mass is 35.5. The molecule has 2 saturated carbocycles. The number of aliphatic carboxylic acids is 1. The van der Waals surface area contributed by atoms with Crippen molar-refractivity contribution in [2.75, 3.05) is 0 Å². The first-order valence-corrected chi connectivity index (χ1v) is 13.0. The van der Waals surface area contributed by atoms with Crippen LogP contribution in [0.25, 0.3) is 0 Å². The number of hydrogen-bond acceptors (Lipinski definition) is 3. The molecular weight excluding hydrogens is 485 g/mol. The van der Waals surface area contributed by atoms with Crippen molar-refractivity contribution in [1.29, 1.82) is 0 Å².